The Balaban J connectivity index is 2.06. The smallest absolute Gasteiger partial charge is 0.371 e. The molecule has 0 saturated heterocycles. The Morgan fingerprint density at radius 1 is 1.28 bits per heavy atom. The van der Waals surface area contributed by atoms with Crippen molar-refractivity contribution in [2.24, 2.45) is 0 Å². The predicted octanol–water partition coefficient (Wildman–Crippen LogP) is 3.12. The maximum atomic E-state index is 10.6. The Morgan fingerprint density at radius 3 is 2.56 bits per heavy atom. The van der Waals surface area contributed by atoms with Gasteiger partial charge in [-0.25, -0.2) is 4.79 Å². The molecule has 94 valence electrons. The van der Waals surface area contributed by atoms with Gasteiger partial charge in [0.05, 0.1) is 6.61 Å². The summed E-state index contributed by atoms with van der Waals surface area (Å²) in [5.41, 5.74) is 0.796. The lowest BCUT2D eigenvalue weighted by molar-refractivity contribution is 0.0663. The van der Waals surface area contributed by atoms with Gasteiger partial charge in [-0.1, -0.05) is 0 Å². The number of carboxylic acids is 1. The number of hydrogen-bond acceptors (Lipinski definition) is 4. The minimum atomic E-state index is -1.09. The number of nitrogens with one attached hydrogen (secondary N) is 1. The maximum absolute atomic E-state index is 10.6. The topological polar surface area (TPSA) is 71.7 Å². The Morgan fingerprint density at radius 2 is 2.00 bits per heavy atom. The van der Waals surface area contributed by atoms with E-state index in [2.05, 4.69) is 5.32 Å². The fourth-order valence-corrected chi connectivity index (χ4v) is 1.46. The fraction of sp³-hybridized carbons (Fsp3) is 0.154. The first-order valence-electron chi connectivity index (χ1n) is 5.52. The highest BCUT2D eigenvalue weighted by Gasteiger charge is 2.08. The number of anilines is 2. The molecule has 0 atom stereocenters. The molecule has 0 amide bonds. The van der Waals surface area contributed by atoms with Crippen LogP contribution in [-0.4, -0.2) is 17.7 Å². The highest BCUT2D eigenvalue weighted by molar-refractivity contribution is 5.85. The van der Waals surface area contributed by atoms with Gasteiger partial charge in [0.15, 0.2) is 5.88 Å². The molecule has 2 rings (SSSR count). The number of carbonyl (C=O) groups is 1. The van der Waals surface area contributed by atoms with Gasteiger partial charge in [0.1, 0.15) is 5.75 Å². The van der Waals surface area contributed by atoms with Crippen LogP contribution in [0.1, 0.15) is 17.5 Å². The second-order valence-electron chi connectivity index (χ2n) is 3.55. The van der Waals surface area contributed by atoms with Crippen molar-refractivity contribution in [1.82, 2.24) is 0 Å². The molecule has 1 aromatic carbocycles. The summed E-state index contributed by atoms with van der Waals surface area (Å²) < 4.78 is 10.4. The van der Waals surface area contributed by atoms with Gasteiger partial charge in [0, 0.05) is 11.8 Å². The van der Waals surface area contributed by atoms with Crippen molar-refractivity contribution in [3.05, 3.63) is 42.2 Å². The number of aromatic carboxylic acids is 1. The number of carboxylic acid groups (broad SMARTS) is 1. The Labute approximate surface area is 104 Å². The van der Waals surface area contributed by atoms with E-state index >= 15 is 0 Å². The quantitative estimate of drug-likeness (QED) is 0.849. The zero-order valence-corrected chi connectivity index (χ0v) is 9.84. The summed E-state index contributed by atoms with van der Waals surface area (Å²) in [7, 11) is 0. The van der Waals surface area contributed by atoms with E-state index in [0.717, 1.165) is 11.4 Å². The van der Waals surface area contributed by atoms with E-state index in [4.69, 9.17) is 14.3 Å². The fourth-order valence-electron chi connectivity index (χ4n) is 1.46. The van der Waals surface area contributed by atoms with Crippen LogP contribution in [-0.2, 0) is 0 Å². The Kier molecular flexibility index (Phi) is 3.52. The molecule has 18 heavy (non-hydrogen) atoms. The van der Waals surface area contributed by atoms with Crippen molar-refractivity contribution in [1.29, 1.82) is 0 Å². The summed E-state index contributed by atoms with van der Waals surface area (Å²) in [5, 5.41) is 11.7. The molecule has 0 unspecified atom stereocenters. The number of benzene rings is 1. The standard InChI is InChI=1S/C13H13NO4/c1-2-17-10-5-3-9(4-6-10)14-12-8-7-11(18-12)13(15)16/h3-8,14H,2H2,1H3,(H,15,16). The molecule has 0 aliphatic carbocycles. The highest BCUT2D eigenvalue weighted by atomic mass is 16.5. The average Bonchev–Trinajstić information content (AvgIpc) is 2.81. The second-order valence-corrected chi connectivity index (χ2v) is 3.55. The van der Waals surface area contributed by atoms with Gasteiger partial charge in [-0.2, -0.15) is 0 Å². The molecule has 1 heterocycles. The summed E-state index contributed by atoms with van der Waals surface area (Å²) in [6, 6.07) is 10.3. The third kappa shape index (κ3) is 2.82. The van der Waals surface area contributed by atoms with Crippen LogP contribution in [0.5, 0.6) is 5.75 Å². The van der Waals surface area contributed by atoms with Gasteiger partial charge in [0.25, 0.3) is 0 Å². The van der Waals surface area contributed by atoms with Crippen LogP contribution >= 0.6 is 0 Å². The molecule has 0 fully saturated rings. The molecule has 1 aromatic heterocycles. The van der Waals surface area contributed by atoms with E-state index in [1.165, 1.54) is 6.07 Å². The van der Waals surface area contributed by atoms with Crippen LogP contribution in [0.25, 0.3) is 0 Å². The monoisotopic (exact) mass is 247 g/mol. The summed E-state index contributed by atoms with van der Waals surface area (Å²) in [5.74, 6) is -0.0107. The Bertz CT molecular complexity index is 530. The first kappa shape index (κ1) is 12.0. The van der Waals surface area contributed by atoms with E-state index < -0.39 is 5.97 Å². The van der Waals surface area contributed by atoms with Crippen molar-refractivity contribution in [2.75, 3.05) is 11.9 Å². The lowest BCUT2D eigenvalue weighted by Crippen LogP contribution is -1.93. The molecular formula is C13H13NO4. The van der Waals surface area contributed by atoms with Gasteiger partial charge in [-0.3, -0.25) is 0 Å². The Hall–Kier alpha value is -2.43. The molecule has 0 saturated carbocycles. The van der Waals surface area contributed by atoms with E-state index in [0.29, 0.717) is 12.5 Å². The molecule has 5 heteroatoms. The first-order valence-corrected chi connectivity index (χ1v) is 5.52. The van der Waals surface area contributed by atoms with Crippen molar-refractivity contribution in [3.8, 4) is 5.75 Å². The van der Waals surface area contributed by atoms with Crippen LogP contribution < -0.4 is 10.1 Å². The van der Waals surface area contributed by atoms with Gasteiger partial charge in [-0.15, -0.1) is 0 Å². The molecule has 0 spiro atoms. The predicted molar refractivity (Wildman–Crippen MR) is 66.6 cm³/mol. The summed E-state index contributed by atoms with van der Waals surface area (Å²) >= 11 is 0. The lowest BCUT2D eigenvalue weighted by Gasteiger charge is -2.05. The average molecular weight is 247 g/mol. The zero-order chi connectivity index (χ0) is 13.0. The minimum absolute atomic E-state index is 0.0940. The largest absolute Gasteiger partial charge is 0.494 e. The SMILES string of the molecule is CCOc1ccc(Nc2ccc(C(=O)O)o2)cc1. The molecule has 0 aliphatic heterocycles. The van der Waals surface area contributed by atoms with Crippen molar-refractivity contribution in [2.45, 2.75) is 6.92 Å². The summed E-state index contributed by atoms with van der Waals surface area (Å²) in [6.07, 6.45) is 0. The van der Waals surface area contributed by atoms with Crippen molar-refractivity contribution in [3.63, 3.8) is 0 Å². The van der Waals surface area contributed by atoms with Crippen molar-refractivity contribution >= 4 is 17.5 Å². The lowest BCUT2D eigenvalue weighted by atomic mass is 10.3. The zero-order valence-electron chi connectivity index (χ0n) is 9.84. The minimum Gasteiger partial charge on any atom is -0.494 e. The molecule has 5 nitrogen and oxygen atoms in total. The molecular weight excluding hydrogens is 234 g/mol. The van der Waals surface area contributed by atoms with Gasteiger partial charge >= 0.3 is 5.97 Å². The molecule has 0 aliphatic rings. The third-order valence-corrected chi connectivity index (χ3v) is 2.25. The third-order valence-electron chi connectivity index (χ3n) is 2.25. The second kappa shape index (κ2) is 5.27. The van der Waals surface area contributed by atoms with Crippen LogP contribution in [0.4, 0.5) is 11.6 Å². The van der Waals surface area contributed by atoms with Crippen molar-refractivity contribution < 1.29 is 19.1 Å². The van der Waals surface area contributed by atoms with Gasteiger partial charge in [0.2, 0.25) is 5.76 Å². The van der Waals surface area contributed by atoms with E-state index in [1.807, 2.05) is 31.2 Å². The first-order chi connectivity index (χ1) is 8.69. The van der Waals surface area contributed by atoms with Crippen LogP contribution in [0.2, 0.25) is 0 Å². The van der Waals surface area contributed by atoms with E-state index in [-0.39, 0.29) is 5.76 Å². The summed E-state index contributed by atoms with van der Waals surface area (Å²) in [6.45, 7) is 2.54. The number of rotatable bonds is 5. The van der Waals surface area contributed by atoms with Crippen LogP contribution in [0, 0.1) is 0 Å². The van der Waals surface area contributed by atoms with E-state index in [9.17, 15) is 4.79 Å². The molecule has 0 bridgehead atoms. The van der Waals surface area contributed by atoms with E-state index in [1.54, 1.807) is 6.07 Å². The van der Waals surface area contributed by atoms with Crippen LogP contribution in [0.3, 0.4) is 0 Å². The normalized spacial score (nSPS) is 10.1. The van der Waals surface area contributed by atoms with Gasteiger partial charge in [-0.05, 0) is 37.3 Å². The number of furan rings is 1. The molecule has 2 N–H and O–H groups in total. The molecule has 2 aromatic rings. The van der Waals surface area contributed by atoms with Crippen LogP contribution in [0.15, 0.2) is 40.8 Å². The number of ether oxygens (including phenoxy) is 1. The summed E-state index contributed by atoms with van der Waals surface area (Å²) in [4.78, 5) is 10.6. The highest BCUT2D eigenvalue weighted by Crippen LogP contribution is 2.21. The number of hydrogen-bond donors (Lipinski definition) is 2. The maximum Gasteiger partial charge on any atom is 0.371 e. The molecule has 0 radical (unpaired) electrons. The van der Waals surface area contributed by atoms with Gasteiger partial charge < -0.3 is 19.6 Å².